The molecule has 1 aromatic rings. The maximum Gasteiger partial charge on any atom is 0.419 e. The van der Waals surface area contributed by atoms with E-state index in [0.29, 0.717) is 23.9 Å². The molecule has 0 aliphatic heterocycles. The molecule has 1 rings (SSSR count). The van der Waals surface area contributed by atoms with Crippen molar-refractivity contribution >= 4 is 15.9 Å². The third kappa shape index (κ3) is 4.49. The van der Waals surface area contributed by atoms with E-state index in [0.717, 1.165) is 6.07 Å². The van der Waals surface area contributed by atoms with Crippen molar-refractivity contribution in [1.29, 1.82) is 0 Å². The highest BCUT2D eigenvalue weighted by Crippen LogP contribution is 2.37. The Balaban J connectivity index is 2.82. The first-order valence-corrected chi connectivity index (χ1v) is 6.49. The summed E-state index contributed by atoms with van der Waals surface area (Å²) in [5.74, 6) is -0.136. The lowest BCUT2D eigenvalue weighted by Crippen LogP contribution is -2.10. The fraction of sp³-hybridized carbons (Fsp3) is 0.500. The van der Waals surface area contributed by atoms with Crippen molar-refractivity contribution in [1.82, 2.24) is 0 Å². The Hall–Kier alpha value is -0.750. The fourth-order valence-corrected chi connectivity index (χ4v) is 1.74. The number of rotatable bonds is 6. The summed E-state index contributed by atoms with van der Waals surface area (Å²) in [5.41, 5.74) is -0.177. The van der Waals surface area contributed by atoms with Gasteiger partial charge < -0.3 is 9.47 Å². The summed E-state index contributed by atoms with van der Waals surface area (Å²) in [7, 11) is 1.53. The summed E-state index contributed by atoms with van der Waals surface area (Å²) in [5, 5.41) is 0.375. The molecule has 0 heterocycles. The van der Waals surface area contributed by atoms with Crippen molar-refractivity contribution in [3.05, 3.63) is 29.3 Å². The van der Waals surface area contributed by atoms with Gasteiger partial charge in [0.2, 0.25) is 0 Å². The van der Waals surface area contributed by atoms with Crippen LogP contribution in [0.15, 0.2) is 18.2 Å². The molecule has 0 radical (unpaired) electrons. The van der Waals surface area contributed by atoms with Gasteiger partial charge in [-0.2, -0.15) is 13.2 Å². The molecular formula is C12H14BrF3O2. The molecule has 0 saturated heterocycles. The predicted molar refractivity (Wildman–Crippen MR) is 66.1 cm³/mol. The second kappa shape index (κ2) is 6.99. The lowest BCUT2D eigenvalue weighted by Gasteiger charge is -2.14. The summed E-state index contributed by atoms with van der Waals surface area (Å²) in [6.07, 6.45) is -3.86. The quantitative estimate of drug-likeness (QED) is 0.580. The van der Waals surface area contributed by atoms with Crippen LogP contribution < -0.4 is 4.74 Å². The number of benzene rings is 1. The van der Waals surface area contributed by atoms with Gasteiger partial charge in [-0.05, 0) is 17.7 Å². The zero-order valence-electron chi connectivity index (χ0n) is 9.89. The molecule has 102 valence electrons. The van der Waals surface area contributed by atoms with E-state index in [1.807, 2.05) is 0 Å². The van der Waals surface area contributed by atoms with Crippen LogP contribution in [0.3, 0.4) is 0 Å². The third-order valence-corrected chi connectivity index (χ3v) is 2.90. The van der Waals surface area contributed by atoms with Crippen LogP contribution in [0.2, 0.25) is 0 Å². The summed E-state index contributed by atoms with van der Waals surface area (Å²) in [6.45, 7) is 0.658. The zero-order valence-corrected chi connectivity index (χ0v) is 11.5. The Bertz CT molecular complexity index is 380. The average Bonchev–Trinajstić information content (AvgIpc) is 2.33. The number of methoxy groups -OCH3 is 1. The fourth-order valence-electron chi connectivity index (χ4n) is 1.39. The highest BCUT2D eigenvalue weighted by atomic mass is 79.9. The van der Waals surface area contributed by atoms with Gasteiger partial charge in [0.15, 0.2) is 0 Å². The van der Waals surface area contributed by atoms with Gasteiger partial charge in [0, 0.05) is 25.5 Å². The number of halogens is 4. The van der Waals surface area contributed by atoms with Crippen LogP contribution >= 0.6 is 15.9 Å². The number of alkyl halides is 4. The number of hydrogen-bond acceptors (Lipinski definition) is 2. The van der Waals surface area contributed by atoms with Gasteiger partial charge in [-0.25, -0.2) is 0 Å². The molecule has 0 N–H and O–H groups in total. The van der Waals surface area contributed by atoms with Crippen molar-refractivity contribution in [2.24, 2.45) is 0 Å². The average molecular weight is 327 g/mol. The van der Waals surface area contributed by atoms with Gasteiger partial charge >= 0.3 is 6.18 Å². The minimum atomic E-state index is -4.41. The van der Waals surface area contributed by atoms with Gasteiger partial charge in [0.1, 0.15) is 5.75 Å². The molecule has 0 aliphatic carbocycles. The summed E-state index contributed by atoms with van der Waals surface area (Å²) in [4.78, 5) is 0. The summed E-state index contributed by atoms with van der Waals surface area (Å²) in [6, 6.07) is 4.06. The second-order valence-electron chi connectivity index (χ2n) is 3.66. The lowest BCUT2D eigenvalue weighted by atomic mass is 10.1. The molecule has 0 atom stereocenters. The van der Waals surface area contributed by atoms with E-state index >= 15 is 0 Å². The van der Waals surface area contributed by atoms with E-state index in [-0.39, 0.29) is 12.4 Å². The van der Waals surface area contributed by atoms with E-state index < -0.39 is 11.7 Å². The molecule has 0 amide bonds. The summed E-state index contributed by atoms with van der Waals surface area (Å²) >= 11 is 3.13. The topological polar surface area (TPSA) is 18.5 Å². The monoisotopic (exact) mass is 326 g/mol. The Morgan fingerprint density at radius 3 is 2.50 bits per heavy atom. The first-order valence-electron chi connectivity index (χ1n) is 5.37. The molecule has 0 aromatic heterocycles. The van der Waals surface area contributed by atoms with Crippen LogP contribution in [0.5, 0.6) is 5.75 Å². The zero-order chi connectivity index (χ0) is 13.6. The molecule has 6 heteroatoms. The minimum Gasteiger partial charge on any atom is -0.493 e. The van der Waals surface area contributed by atoms with Crippen molar-refractivity contribution in [3.8, 4) is 5.75 Å². The molecule has 0 spiro atoms. The SMILES string of the molecule is COCCCOc1ccc(CBr)cc1C(F)(F)F. The lowest BCUT2D eigenvalue weighted by molar-refractivity contribution is -0.139. The van der Waals surface area contributed by atoms with E-state index in [2.05, 4.69) is 15.9 Å². The van der Waals surface area contributed by atoms with Crippen molar-refractivity contribution in [3.63, 3.8) is 0 Å². The number of ether oxygens (including phenoxy) is 2. The van der Waals surface area contributed by atoms with Crippen LogP contribution in [0, 0.1) is 0 Å². The molecule has 0 fully saturated rings. The number of hydrogen-bond donors (Lipinski definition) is 0. The van der Waals surface area contributed by atoms with E-state index in [9.17, 15) is 13.2 Å². The highest BCUT2D eigenvalue weighted by molar-refractivity contribution is 9.08. The predicted octanol–water partition coefficient (Wildman–Crippen LogP) is 4.02. The standard InChI is InChI=1S/C12H14BrF3O2/c1-17-5-2-6-18-11-4-3-9(8-13)7-10(11)12(14,15)16/h3-4,7H,2,5-6,8H2,1H3. The van der Waals surface area contributed by atoms with Gasteiger partial charge in [0.25, 0.3) is 0 Å². The van der Waals surface area contributed by atoms with E-state index in [4.69, 9.17) is 9.47 Å². The van der Waals surface area contributed by atoms with Crippen molar-refractivity contribution < 1.29 is 22.6 Å². The smallest absolute Gasteiger partial charge is 0.419 e. The van der Waals surface area contributed by atoms with Gasteiger partial charge in [-0.15, -0.1) is 0 Å². The van der Waals surface area contributed by atoms with Crippen molar-refractivity contribution in [2.45, 2.75) is 17.9 Å². The van der Waals surface area contributed by atoms with Gasteiger partial charge in [-0.1, -0.05) is 22.0 Å². The third-order valence-electron chi connectivity index (χ3n) is 2.25. The molecule has 0 bridgehead atoms. The van der Waals surface area contributed by atoms with Crippen molar-refractivity contribution in [2.75, 3.05) is 20.3 Å². The molecular weight excluding hydrogens is 313 g/mol. The molecule has 2 nitrogen and oxygen atoms in total. The van der Waals surface area contributed by atoms with Gasteiger partial charge in [0.05, 0.1) is 12.2 Å². The second-order valence-corrected chi connectivity index (χ2v) is 4.22. The largest absolute Gasteiger partial charge is 0.493 e. The normalized spacial score (nSPS) is 11.6. The highest BCUT2D eigenvalue weighted by Gasteiger charge is 2.34. The Morgan fingerprint density at radius 1 is 1.22 bits per heavy atom. The molecule has 18 heavy (non-hydrogen) atoms. The van der Waals surface area contributed by atoms with E-state index in [1.165, 1.54) is 13.2 Å². The maximum absolute atomic E-state index is 12.8. The van der Waals surface area contributed by atoms with Crippen LogP contribution in [-0.2, 0) is 16.2 Å². The minimum absolute atomic E-state index is 0.136. The van der Waals surface area contributed by atoms with Crippen LogP contribution in [0.1, 0.15) is 17.5 Å². The Kier molecular flexibility index (Phi) is 5.95. The maximum atomic E-state index is 12.8. The van der Waals surface area contributed by atoms with E-state index in [1.54, 1.807) is 6.07 Å². The van der Waals surface area contributed by atoms with Crippen LogP contribution in [0.4, 0.5) is 13.2 Å². The summed E-state index contributed by atoms with van der Waals surface area (Å²) < 4.78 is 48.4. The molecule has 0 saturated carbocycles. The molecule has 1 aromatic carbocycles. The Morgan fingerprint density at radius 2 is 1.94 bits per heavy atom. The van der Waals surface area contributed by atoms with Crippen LogP contribution in [-0.4, -0.2) is 20.3 Å². The Labute approximate surface area is 112 Å². The molecule has 0 aliphatic rings. The first kappa shape index (κ1) is 15.3. The molecule has 0 unspecified atom stereocenters. The van der Waals surface area contributed by atoms with Crippen LogP contribution in [0.25, 0.3) is 0 Å². The van der Waals surface area contributed by atoms with Gasteiger partial charge in [-0.3, -0.25) is 0 Å². The first-order chi connectivity index (χ1) is 8.49.